The zero-order valence-corrected chi connectivity index (χ0v) is 28.7. The molecular weight excluding hydrogens is 688 g/mol. The van der Waals surface area contributed by atoms with Crippen LogP contribution >= 0.6 is 0 Å². The second-order valence-corrected chi connectivity index (χ2v) is 12.0. The van der Waals surface area contributed by atoms with Crippen LogP contribution in [0.15, 0.2) is 61.1 Å². The molecule has 2 aromatic heterocycles. The van der Waals surface area contributed by atoms with E-state index in [0.29, 0.717) is 34.1 Å². The highest BCUT2D eigenvalue weighted by Crippen LogP contribution is 2.33. The number of nitrogens with one attached hydrogen (secondary N) is 1. The number of anilines is 3. The number of carbonyl (C=O) groups is 4. The van der Waals surface area contributed by atoms with E-state index < -0.39 is 54.2 Å². The molecule has 16 heteroatoms. The first-order valence-corrected chi connectivity index (χ1v) is 16.2. The van der Waals surface area contributed by atoms with Crippen molar-refractivity contribution in [1.29, 1.82) is 0 Å². The lowest BCUT2D eigenvalue weighted by Gasteiger charge is -2.38. The number of ether oxygens (including phenoxy) is 2. The number of hydrogen-bond donors (Lipinski definition) is 1. The number of carbonyl (C=O) groups excluding carboxylic acids is 4. The number of rotatable bonds is 10. The minimum absolute atomic E-state index is 0.0131. The summed E-state index contributed by atoms with van der Waals surface area (Å²) in [5, 5.41) is 3.09. The molecule has 1 fully saturated rings. The van der Waals surface area contributed by atoms with Crippen molar-refractivity contribution in [3.8, 4) is 0 Å². The summed E-state index contributed by atoms with van der Waals surface area (Å²) < 4.78 is 66.9. The van der Waals surface area contributed by atoms with Gasteiger partial charge in [-0.05, 0) is 55.3 Å². The number of amides is 3. The molecular formula is C36H36F4N6O6. The van der Waals surface area contributed by atoms with Gasteiger partial charge in [-0.2, -0.15) is 13.2 Å². The summed E-state index contributed by atoms with van der Waals surface area (Å²) in [7, 11) is 3.03. The molecule has 4 aromatic rings. The summed E-state index contributed by atoms with van der Waals surface area (Å²) in [6.45, 7) is 2.23. The number of halogens is 4. The topological polar surface area (TPSA) is 134 Å². The minimum Gasteiger partial charge on any atom is -0.464 e. The molecule has 274 valence electrons. The molecule has 5 rings (SSSR count). The number of aryl methyl sites for hydroxylation is 1. The molecule has 0 spiro atoms. The number of hydrogen-bond acceptors (Lipinski definition) is 9. The highest BCUT2D eigenvalue weighted by molar-refractivity contribution is 6.09. The third-order valence-electron chi connectivity index (χ3n) is 8.73. The Hall–Kier alpha value is -5.64. The number of urea groups is 1. The van der Waals surface area contributed by atoms with E-state index in [-0.39, 0.29) is 43.0 Å². The predicted octanol–water partition coefficient (Wildman–Crippen LogP) is 5.25. The largest absolute Gasteiger partial charge is 0.464 e. The zero-order chi connectivity index (χ0) is 37.7. The van der Waals surface area contributed by atoms with Crippen LogP contribution in [0.1, 0.15) is 38.8 Å². The molecule has 0 aliphatic carbocycles. The monoisotopic (exact) mass is 724 g/mol. The quantitative estimate of drug-likeness (QED) is 0.132. The highest BCUT2D eigenvalue weighted by atomic mass is 19.4. The number of aldehydes is 1. The van der Waals surface area contributed by atoms with E-state index in [9.17, 15) is 32.3 Å². The van der Waals surface area contributed by atoms with Gasteiger partial charge >= 0.3 is 18.2 Å². The van der Waals surface area contributed by atoms with Crippen molar-refractivity contribution in [2.75, 3.05) is 55.2 Å². The number of nitrogens with zero attached hydrogens (tertiary/aromatic N) is 5. The minimum atomic E-state index is -4.63. The Morgan fingerprint density at radius 2 is 1.87 bits per heavy atom. The second-order valence-electron chi connectivity index (χ2n) is 12.0. The van der Waals surface area contributed by atoms with E-state index in [1.165, 1.54) is 61.5 Å². The van der Waals surface area contributed by atoms with Gasteiger partial charge in [0.2, 0.25) is 0 Å². The first-order chi connectivity index (χ1) is 24.8. The van der Waals surface area contributed by atoms with Crippen LogP contribution in [0.2, 0.25) is 0 Å². The number of aromatic nitrogens is 2. The van der Waals surface area contributed by atoms with Crippen LogP contribution in [0.3, 0.4) is 0 Å². The van der Waals surface area contributed by atoms with Crippen molar-refractivity contribution in [2.45, 2.75) is 38.5 Å². The first-order valence-electron chi connectivity index (χ1n) is 16.2. The normalized spacial score (nSPS) is 15.2. The van der Waals surface area contributed by atoms with Gasteiger partial charge in [-0.1, -0.05) is 12.1 Å². The summed E-state index contributed by atoms with van der Waals surface area (Å²) in [6, 6.07) is 6.50. The van der Waals surface area contributed by atoms with Crippen LogP contribution < -0.4 is 20.0 Å². The maximum Gasteiger partial charge on any atom is 0.411 e. The Balaban J connectivity index is 1.42. The van der Waals surface area contributed by atoms with Crippen molar-refractivity contribution in [3.63, 3.8) is 0 Å². The maximum absolute atomic E-state index is 15.6. The summed E-state index contributed by atoms with van der Waals surface area (Å²) >= 11 is 0. The molecule has 1 N–H and O–H groups in total. The molecule has 0 radical (unpaired) electrons. The van der Waals surface area contributed by atoms with Crippen molar-refractivity contribution in [3.05, 3.63) is 89.1 Å². The van der Waals surface area contributed by atoms with Crippen molar-refractivity contribution < 1.29 is 46.2 Å². The standard InChI is InChI=1S/C36H36F4N6O6/c1-5-52-34(49)27(43-33(48)31-21(2)15-24(17-26(31)37)46-13-14-51-20-30(46)36(38,39)40)16-22-8-9-28(32-25(22)7-6-11-42-32)44(3)35(50)45(4)29-18-41-12-10-23(29)19-47/h6-12,15,17-19,27,30H,5,13-14,16,20H2,1-4H3,(H,43,48)/t27-,30+/m0/s1. The van der Waals surface area contributed by atoms with Gasteiger partial charge in [0.15, 0.2) is 6.29 Å². The Kier molecular flexibility index (Phi) is 11.4. The number of fused-ring (bicyclic) bond motifs is 1. The third kappa shape index (κ3) is 7.81. The Labute approximate surface area is 296 Å². The molecule has 1 aliphatic heterocycles. The van der Waals surface area contributed by atoms with Crippen LogP contribution in [-0.4, -0.2) is 92.9 Å². The van der Waals surface area contributed by atoms with Gasteiger partial charge < -0.3 is 19.7 Å². The van der Waals surface area contributed by atoms with Crippen molar-refractivity contribution in [2.24, 2.45) is 0 Å². The van der Waals surface area contributed by atoms with Gasteiger partial charge in [-0.25, -0.2) is 14.0 Å². The highest BCUT2D eigenvalue weighted by Gasteiger charge is 2.45. The molecule has 3 amide bonds. The fraction of sp³-hybridized carbons (Fsp3) is 0.333. The van der Waals surface area contributed by atoms with Crippen LogP contribution in [0.4, 0.5) is 39.4 Å². The van der Waals surface area contributed by atoms with Gasteiger partial charge in [-0.3, -0.25) is 29.4 Å². The van der Waals surface area contributed by atoms with Gasteiger partial charge in [-0.15, -0.1) is 0 Å². The van der Waals surface area contributed by atoms with Crippen LogP contribution in [0.5, 0.6) is 0 Å². The van der Waals surface area contributed by atoms with Gasteiger partial charge in [0.1, 0.15) is 17.9 Å². The fourth-order valence-electron chi connectivity index (χ4n) is 6.12. The van der Waals surface area contributed by atoms with Crippen molar-refractivity contribution >= 4 is 52.2 Å². The van der Waals surface area contributed by atoms with E-state index in [2.05, 4.69) is 15.3 Å². The van der Waals surface area contributed by atoms with E-state index in [1.54, 1.807) is 31.2 Å². The Morgan fingerprint density at radius 3 is 2.56 bits per heavy atom. The smallest absolute Gasteiger partial charge is 0.411 e. The second kappa shape index (κ2) is 15.7. The molecule has 0 unspecified atom stereocenters. The summed E-state index contributed by atoms with van der Waals surface area (Å²) in [5.74, 6) is -2.83. The number of pyridine rings is 2. The molecule has 2 atom stereocenters. The third-order valence-corrected chi connectivity index (χ3v) is 8.73. The number of esters is 1. The first kappa shape index (κ1) is 37.6. The number of alkyl halides is 3. The molecule has 3 heterocycles. The SMILES string of the molecule is CCOC(=O)[C@H](Cc1ccc(N(C)C(=O)N(C)c2cnccc2C=O)c2ncccc12)NC(=O)c1c(C)cc(N2CCOC[C@@H]2C(F)(F)F)cc1F. The van der Waals surface area contributed by atoms with Crippen LogP contribution in [-0.2, 0) is 20.7 Å². The molecule has 0 bridgehead atoms. The molecule has 1 saturated heterocycles. The summed E-state index contributed by atoms with van der Waals surface area (Å²) in [6.07, 6.45) is 0.225. The van der Waals surface area contributed by atoms with E-state index in [4.69, 9.17) is 9.47 Å². The zero-order valence-electron chi connectivity index (χ0n) is 28.7. The van der Waals surface area contributed by atoms with Gasteiger partial charge in [0.25, 0.3) is 5.91 Å². The predicted molar refractivity (Wildman–Crippen MR) is 184 cm³/mol. The van der Waals surface area contributed by atoms with Gasteiger partial charge in [0.05, 0.1) is 48.5 Å². The molecule has 0 saturated carbocycles. The van der Waals surface area contributed by atoms with E-state index in [1.807, 2.05) is 0 Å². The molecule has 52 heavy (non-hydrogen) atoms. The average molecular weight is 725 g/mol. The summed E-state index contributed by atoms with van der Waals surface area (Å²) in [4.78, 5) is 64.0. The lowest BCUT2D eigenvalue weighted by molar-refractivity contribution is -0.167. The number of morpholine rings is 1. The summed E-state index contributed by atoms with van der Waals surface area (Å²) in [5.41, 5.74) is 1.45. The average Bonchev–Trinajstić information content (AvgIpc) is 3.13. The lowest BCUT2D eigenvalue weighted by atomic mass is 9.98. The Morgan fingerprint density at radius 1 is 1.12 bits per heavy atom. The lowest BCUT2D eigenvalue weighted by Crippen LogP contribution is -2.53. The number of benzene rings is 2. The molecule has 1 aliphatic rings. The van der Waals surface area contributed by atoms with Gasteiger partial charge in [0, 0.05) is 56.1 Å². The Bertz CT molecular complexity index is 1970. The van der Waals surface area contributed by atoms with Crippen molar-refractivity contribution in [1.82, 2.24) is 15.3 Å². The van der Waals surface area contributed by atoms with Crippen LogP contribution in [0, 0.1) is 12.7 Å². The molecule has 12 nitrogen and oxygen atoms in total. The molecule has 2 aromatic carbocycles. The maximum atomic E-state index is 15.6. The fourth-order valence-corrected chi connectivity index (χ4v) is 6.12. The van der Waals surface area contributed by atoms with Crippen LogP contribution in [0.25, 0.3) is 10.9 Å². The van der Waals surface area contributed by atoms with E-state index in [0.717, 1.165) is 11.0 Å². The van der Waals surface area contributed by atoms with E-state index >= 15 is 4.39 Å².